The first-order chi connectivity index (χ1) is 7.52. The highest BCUT2D eigenvalue weighted by Crippen LogP contribution is 1.96. The molecule has 0 saturated heterocycles. The van der Waals surface area contributed by atoms with Crippen LogP contribution in [0.3, 0.4) is 0 Å². The Hall–Kier alpha value is -2.05. The maximum atomic E-state index is 11.5. The van der Waals surface area contributed by atoms with Gasteiger partial charge in [0.2, 0.25) is 0 Å². The lowest BCUT2D eigenvalue weighted by molar-refractivity contribution is -0.141. The Kier molecular flexibility index (Phi) is 3.87. The molecule has 0 fully saturated rings. The average Bonchev–Trinajstić information content (AvgIpc) is 2.76. The van der Waals surface area contributed by atoms with Crippen LogP contribution in [0.4, 0.5) is 4.79 Å². The van der Waals surface area contributed by atoms with Crippen molar-refractivity contribution in [2.75, 3.05) is 7.05 Å². The number of carboxylic acids is 1. The molecular weight excluding hydrogens is 212 g/mol. The van der Waals surface area contributed by atoms with Crippen LogP contribution in [0.2, 0.25) is 0 Å². The van der Waals surface area contributed by atoms with Gasteiger partial charge in [-0.2, -0.15) is 0 Å². The number of urea groups is 1. The van der Waals surface area contributed by atoms with Gasteiger partial charge in [0.15, 0.2) is 0 Å². The largest absolute Gasteiger partial charge is 0.480 e. The predicted octanol–water partition coefficient (Wildman–Crippen LogP) is 0.0242. The Morgan fingerprint density at radius 1 is 1.69 bits per heavy atom. The van der Waals surface area contributed by atoms with E-state index >= 15 is 0 Å². The number of imidazole rings is 1. The van der Waals surface area contributed by atoms with Gasteiger partial charge in [0, 0.05) is 19.4 Å². The molecule has 0 aliphatic carbocycles. The quantitative estimate of drug-likeness (QED) is 0.674. The van der Waals surface area contributed by atoms with Crippen LogP contribution < -0.4 is 5.32 Å². The summed E-state index contributed by atoms with van der Waals surface area (Å²) in [6, 6.07) is -1.32. The molecule has 1 atom stereocenters. The number of likely N-dealkylation sites (N-methyl/N-ethyl adjacent to an activating group) is 1. The van der Waals surface area contributed by atoms with Gasteiger partial charge in [-0.25, -0.2) is 14.6 Å². The molecule has 0 aromatic carbocycles. The Morgan fingerprint density at radius 2 is 2.38 bits per heavy atom. The van der Waals surface area contributed by atoms with Gasteiger partial charge in [0.25, 0.3) is 0 Å². The molecule has 0 saturated carbocycles. The molecule has 88 valence electrons. The number of carbonyl (C=O) groups is 2. The Labute approximate surface area is 92.5 Å². The van der Waals surface area contributed by atoms with Gasteiger partial charge < -0.3 is 20.3 Å². The van der Waals surface area contributed by atoms with Crippen molar-refractivity contribution in [3.63, 3.8) is 0 Å². The maximum absolute atomic E-state index is 11.5. The number of hydrogen-bond acceptors (Lipinski definition) is 3. The van der Waals surface area contributed by atoms with Crippen LogP contribution in [0.15, 0.2) is 12.4 Å². The zero-order valence-corrected chi connectivity index (χ0v) is 9.10. The number of aromatic amines is 1. The molecule has 7 heteroatoms. The van der Waals surface area contributed by atoms with Crippen molar-refractivity contribution in [3.8, 4) is 0 Å². The van der Waals surface area contributed by atoms with Crippen molar-refractivity contribution in [2.45, 2.75) is 19.5 Å². The summed E-state index contributed by atoms with van der Waals surface area (Å²) < 4.78 is 0. The van der Waals surface area contributed by atoms with E-state index in [0.29, 0.717) is 5.82 Å². The average molecular weight is 226 g/mol. The van der Waals surface area contributed by atoms with Crippen LogP contribution >= 0.6 is 0 Å². The number of aliphatic carboxylic acids is 1. The van der Waals surface area contributed by atoms with Crippen molar-refractivity contribution in [3.05, 3.63) is 18.2 Å². The summed E-state index contributed by atoms with van der Waals surface area (Å²) in [6.45, 7) is 1.68. The number of carbonyl (C=O) groups excluding carboxylic acids is 1. The number of aromatic nitrogens is 2. The van der Waals surface area contributed by atoms with E-state index < -0.39 is 18.0 Å². The van der Waals surface area contributed by atoms with E-state index in [4.69, 9.17) is 5.11 Å². The summed E-state index contributed by atoms with van der Waals surface area (Å²) in [7, 11) is 1.43. The highest BCUT2D eigenvalue weighted by atomic mass is 16.4. The minimum absolute atomic E-state index is 0.239. The van der Waals surface area contributed by atoms with E-state index in [1.54, 1.807) is 12.4 Å². The molecule has 0 spiro atoms. The van der Waals surface area contributed by atoms with Gasteiger partial charge in [-0.15, -0.1) is 0 Å². The van der Waals surface area contributed by atoms with Crippen molar-refractivity contribution in [1.82, 2.24) is 20.2 Å². The molecule has 7 nitrogen and oxygen atoms in total. The molecule has 1 rings (SSSR count). The molecule has 0 radical (unpaired) electrons. The minimum Gasteiger partial charge on any atom is -0.480 e. The normalized spacial score (nSPS) is 11.9. The maximum Gasteiger partial charge on any atom is 0.326 e. The molecule has 3 N–H and O–H groups in total. The predicted molar refractivity (Wildman–Crippen MR) is 55.7 cm³/mol. The summed E-state index contributed by atoms with van der Waals surface area (Å²) in [4.78, 5) is 30.0. The summed E-state index contributed by atoms with van der Waals surface area (Å²) in [5.41, 5.74) is 0. The monoisotopic (exact) mass is 226 g/mol. The van der Waals surface area contributed by atoms with E-state index in [2.05, 4.69) is 15.3 Å². The Bertz CT molecular complexity index is 363. The first-order valence-corrected chi connectivity index (χ1v) is 4.74. The van der Waals surface area contributed by atoms with Gasteiger partial charge in [-0.1, -0.05) is 0 Å². The van der Waals surface area contributed by atoms with Crippen LogP contribution in [-0.4, -0.2) is 45.1 Å². The Balaban J connectivity index is 2.43. The third-order valence-corrected chi connectivity index (χ3v) is 2.22. The second-order valence-electron chi connectivity index (χ2n) is 3.32. The fraction of sp³-hybridized carbons (Fsp3) is 0.444. The van der Waals surface area contributed by atoms with Crippen LogP contribution in [0.25, 0.3) is 0 Å². The number of hydrogen-bond donors (Lipinski definition) is 3. The molecule has 0 bridgehead atoms. The van der Waals surface area contributed by atoms with Crippen LogP contribution in [0.5, 0.6) is 0 Å². The summed E-state index contributed by atoms with van der Waals surface area (Å²) in [5, 5.41) is 11.3. The van der Waals surface area contributed by atoms with Crippen molar-refractivity contribution >= 4 is 12.0 Å². The third-order valence-electron chi connectivity index (χ3n) is 2.22. The molecule has 16 heavy (non-hydrogen) atoms. The number of amides is 2. The topological polar surface area (TPSA) is 98.3 Å². The number of nitrogens with one attached hydrogen (secondary N) is 2. The standard InChI is InChI=1S/C9H14N4O3/c1-6(8(14)15)13(2)9(16)12-5-7-10-3-4-11-7/h3-4,6H,5H2,1-2H3,(H,10,11)(H,12,16)(H,14,15). The van der Waals surface area contributed by atoms with E-state index in [1.807, 2.05) is 0 Å². The molecule has 2 amide bonds. The second-order valence-corrected chi connectivity index (χ2v) is 3.32. The fourth-order valence-electron chi connectivity index (χ4n) is 1.02. The van der Waals surface area contributed by atoms with Gasteiger partial charge in [0.05, 0.1) is 6.54 Å². The smallest absolute Gasteiger partial charge is 0.326 e. The lowest BCUT2D eigenvalue weighted by Gasteiger charge is -2.21. The SMILES string of the molecule is CC(C(=O)O)N(C)C(=O)NCc1ncc[nH]1. The van der Waals surface area contributed by atoms with Crippen molar-refractivity contribution in [2.24, 2.45) is 0 Å². The van der Waals surface area contributed by atoms with Gasteiger partial charge in [0.1, 0.15) is 11.9 Å². The van der Waals surface area contributed by atoms with E-state index in [0.717, 1.165) is 4.90 Å². The molecular formula is C9H14N4O3. The first kappa shape index (κ1) is 12.0. The van der Waals surface area contributed by atoms with Gasteiger partial charge in [-0.3, -0.25) is 0 Å². The highest BCUT2D eigenvalue weighted by Gasteiger charge is 2.21. The van der Waals surface area contributed by atoms with Gasteiger partial charge in [-0.05, 0) is 6.92 Å². The number of rotatable bonds is 4. The van der Waals surface area contributed by atoms with Gasteiger partial charge >= 0.3 is 12.0 Å². The number of H-pyrrole nitrogens is 1. The number of nitrogens with zero attached hydrogens (tertiary/aromatic N) is 2. The molecule has 1 aromatic rings. The molecule has 1 heterocycles. The Morgan fingerprint density at radius 3 is 2.88 bits per heavy atom. The van der Waals surface area contributed by atoms with E-state index in [-0.39, 0.29) is 6.54 Å². The lowest BCUT2D eigenvalue weighted by Crippen LogP contribution is -2.45. The molecule has 1 aromatic heterocycles. The summed E-state index contributed by atoms with van der Waals surface area (Å²) in [5.74, 6) is -0.430. The first-order valence-electron chi connectivity index (χ1n) is 4.74. The zero-order chi connectivity index (χ0) is 12.1. The second kappa shape index (κ2) is 5.15. The minimum atomic E-state index is -1.05. The van der Waals surface area contributed by atoms with Crippen LogP contribution in [0.1, 0.15) is 12.7 Å². The van der Waals surface area contributed by atoms with Crippen LogP contribution in [-0.2, 0) is 11.3 Å². The summed E-state index contributed by atoms with van der Waals surface area (Å²) >= 11 is 0. The van der Waals surface area contributed by atoms with Crippen molar-refractivity contribution in [1.29, 1.82) is 0 Å². The number of carboxylic acid groups (broad SMARTS) is 1. The fourth-order valence-corrected chi connectivity index (χ4v) is 1.02. The van der Waals surface area contributed by atoms with E-state index in [1.165, 1.54) is 14.0 Å². The highest BCUT2D eigenvalue weighted by molar-refractivity contribution is 5.81. The van der Waals surface area contributed by atoms with Crippen molar-refractivity contribution < 1.29 is 14.7 Å². The van der Waals surface area contributed by atoms with E-state index in [9.17, 15) is 9.59 Å². The lowest BCUT2D eigenvalue weighted by atomic mass is 10.3. The summed E-state index contributed by atoms with van der Waals surface area (Å²) in [6.07, 6.45) is 3.22. The molecule has 1 unspecified atom stereocenters. The molecule has 0 aliphatic rings. The zero-order valence-electron chi connectivity index (χ0n) is 9.10. The van der Waals surface area contributed by atoms with Crippen LogP contribution in [0, 0.1) is 0 Å². The molecule has 0 aliphatic heterocycles. The third kappa shape index (κ3) is 2.97.